The Kier molecular flexibility index (Phi) is 11.5. The van der Waals surface area contributed by atoms with E-state index >= 15 is 0 Å². The summed E-state index contributed by atoms with van der Waals surface area (Å²) < 4.78 is 55.9. The van der Waals surface area contributed by atoms with Crippen molar-refractivity contribution in [3.05, 3.63) is 29.8 Å². The van der Waals surface area contributed by atoms with E-state index < -0.39 is 21.7 Å². The van der Waals surface area contributed by atoms with Gasteiger partial charge in [-0.15, -0.1) is 10.2 Å². The van der Waals surface area contributed by atoms with E-state index in [1.165, 1.54) is 29.8 Å². The smallest absolute Gasteiger partial charge is 0.308 e. The summed E-state index contributed by atoms with van der Waals surface area (Å²) in [6.45, 7) is 11.2. The zero-order valence-corrected chi connectivity index (χ0v) is 23.3. The van der Waals surface area contributed by atoms with Crippen LogP contribution in [0, 0.1) is 17.6 Å². The third-order valence-electron chi connectivity index (χ3n) is 5.43. The van der Waals surface area contributed by atoms with Gasteiger partial charge in [-0.05, 0) is 83.6 Å². The fourth-order valence-corrected chi connectivity index (χ4v) is 4.96. The van der Waals surface area contributed by atoms with Gasteiger partial charge in [0.15, 0.2) is 0 Å². The van der Waals surface area contributed by atoms with Crippen molar-refractivity contribution in [1.29, 1.82) is 0 Å². The molecule has 0 unspecified atom stereocenters. The minimum Gasteiger partial charge on any atom is -0.462 e. The molecular weight excluding hydrogens is 504 g/mol. The summed E-state index contributed by atoms with van der Waals surface area (Å²) in [7, 11) is -2.94. The molecule has 2 saturated carbocycles. The Bertz CT molecular complexity index is 1090. The van der Waals surface area contributed by atoms with Gasteiger partial charge in [0, 0.05) is 17.7 Å². The number of hydrogen-bond donors (Lipinski definition) is 1. The van der Waals surface area contributed by atoms with E-state index in [9.17, 15) is 22.0 Å². The first kappa shape index (κ1) is 30.8. The summed E-state index contributed by atoms with van der Waals surface area (Å²) in [6, 6.07) is 3.23. The van der Waals surface area contributed by atoms with Gasteiger partial charge in [0.05, 0.1) is 17.2 Å². The maximum Gasteiger partial charge on any atom is 0.308 e. The van der Waals surface area contributed by atoms with Crippen LogP contribution in [0.1, 0.15) is 86.1 Å². The molecule has 2 aliphatic rings. The number of aromatic nitrogens is 4. The van der Waals surface area contributed by atoms with E-state index in [4.69, 9.17) is 4.74 Å². The Morgan fingerprint density at radius 3 is 2.00 bits per heavy atom. The molecule has 2 aliphatic carbocycles. The van der Waals surface area contributed by atoms with Crippen LogP contribution >= 0.6 is 0 Å². The van der Waals surface area contributed by atoms with E-state index in [0.717, 1.165) is 31.7 Å². The Balaban J connectivity index is 0.000000203. The first-order chi connectivity index (χ1) is 17.3. The topological polar surface area (TPSA) is 116 Å². The largest absolute Gasteiger partial charge is 0.462 e. The molecule has 1 aromatic carbocycles. The standard InChI is InChI=1S/C10H10F2N4.C9H16O2.C6H13NO2S/c1-6(2)16-14-10(13-15-16)7-3-8(11)5-9(12)4-7;1-7(2)9(10)11-8-5-3-4-6-8;1-5(2)7-10(8,9)6-3-4-6/h3-6H,1-2H3;7-8H,3-6H2,1-2H3;5-7H,3-4H2,1-2H3. The number of ether oxygens (including phenoxy) is 1. The van der Waals surface area contributed by atoms with Crippen LogP contribution in [0.4, 0.5) is 8.78 Å². The molecule has 0 radical (unpaired) electrons. The number of tetrazole rings is 1. The predicted molar refractivity (Wildman–Crippen MR) is 137 cm³/mol. The molecule has 1 heterocycles. The van der Waals surface area contributed by atoms with E-state index in [2.05, 4.69) is 20.1 Å². The van der Waals surface area contributed by atoms with Gasteiger partial charge in [0.1, 0.15) is 17.7 Å². The highest BCUT2D eigenvalue weighted by molar-refractivity contribution is 7.90. The van der Waals surface area contributed by atoms with E-state index in [1.54, 1.807) is 0 Å². The first-order valence-electron chi connectivity index (χ1n) is 12.8. The number of carbonyl (C=O) groups excluding carboxylic acids is 1. The quantitative estimate of drug-likeness (QED) is 0.499. The Morgan fingerprint density at radius 2 is 1.57 bits per heavy atom. The molecule has 1 aromatic heterocycles. The van der Waals surface area contributed by atoms with Crippen LogP contribution in [0.5, 0.6) is 0 Å². The van der Waals surface area contributed by atoms with Gasteiger partial charge in [0.25, 0.3) is 0 Å². The summed E-state index contributed by atoms with van der Waals surface area (Å²) in [5, 5.41) is 11.5. The lowest BCUT2D eigenvalue weighted by atomic mass is 10.2. The predicted octanol–water partition coefficient (Wildman–Crippen LogP) is 4.80. The number of sulfonamides is 1. The molecular formula is C25H39F2N5O4S. The molecule has 9 nitrogen and oxygen atoms in total. The Morgan fingerprint density at radius 1 is 1.00 bits per heavy atom. The van der Waals surface area contributed by atoms with Gasteiger partial charge in [-0.1, -0.05) is 13.8 Å². The lowest BCUT2D eigenvalue weighted by Crippen LogP contribution is -2.32. The van der Waals surface area contributed by atoms with Gasteiger partial charge >= 0.3 is 5.97 Å². The highest BCUT2D eigenvalue weighted by Crippen LogP contribution is 2.27. The molecule has 12 heteroatoms. The number of nitrogens with one attached hydrogen (secondary N) is 1. The zero-order valence-electron chi connectivity index (χ0n) is 22.4. The van der Waals surface area contributed by atoms with Crippen LogP contribution in [-0.2, 0) is 19.6 Å². The number of rotatable bonds is 7. The van der Waals surface area contributed by atoms with Gasteiger partial charge in [-0.3, -0.25) is 4.79 Å². The maximum atomic E-state index is 13.0. The number of hydrogen-bond acceptors (Lipinski definition) is 7. The number of esters is 1. The van der Waals surface area contributed by atoms with Crippen molar-refractivity contribution in [1.82, 2.24) is 24.9 Å². The highest BCUT2D eigenvalue weighted by atomic mass is 32.2. The maximum absolute atomic E-state index is 13.0. The second kappa shape index (κ2) is 13.9. The SMILES string of the molecule is CC(C)C(=O)OC1CCCC1.CC(C)NS(=O)(=O)C1CC1.CC(C)n1nnc(-c2cc(F)cc(F)c2)n1. The molecule has 4 rings (SSSR count). The van der Waals surface area contributed by atoms with Crippen molar-refractivity contribution in [2.24, 2.45) is 5.92 Å². The molecule has 0 bridgehead atoms. The number of nitrogens with zero attached hydrogens (tertiary/aromatic N) is 4. The lowest BCUT2D eigenvalue weighted by Gasteiger charge is -2.12. The highest BCUT2D eigenvalue weighted by Gasteiger charge is 2.35. The van der Waals surface area contributed by atoms with Crippen molar-refractivity contribution >= 4 is 16.0 Å². The number of benzene rings is 1. The van der Waals surface area contributed by atoms with Crippen molar-refractivity contribution < 1.29 is 26.7 Å². The van der Waals surface area contributed by atoms with E-state index in [-0.39, 0.29) is 46.7 Å². The first-order valence-corrected chi connectivity index (χ1v) is 14.3. The fraction of sp³-hybridized carbons (Fsp3) is 0.680. The third kappa shape index (κ3) is 10.8. The van der Waals surface area contributed by atoms with Gasteiger partial charge in [-0.25, -0.2) is 21.9 Å². The minimum atomic E-state index is -2.94. The average molecular weight is 544 g/mol. The third-order valence-corrected chi connectivity index (χ3v) is 7.58. The van der Waals surface area contributed by atoms with E-state index in [1.807, 2.05) is 41.5 Å². The molecule has 2 aromatic rings. The molecule has 2 fully saturated rings. The molecule has 37 heavy (non-hydrogen) atoms. The summed E-state index contributed by atoms with van der Waals surface area (Å²) in [5.41, 5.74) is 0.282. The number of carbonyl (C=O) groups is 1. The van der Waals surface area contributed by atoms with Crippen molar-refractivity contribution in [2.45, 2.75) is 104 Å². The molecule has 0 atom stereocenters. The molecule has 0 aliphatic heterocycles. The minimum absolute atomic E-state index is 0.0237. The fourth-order valence-electron chi connectivity index (χ4n) is 3.35. The normalized spacial score (nSPS) is 15.9. The molecule has 0 spiro atoms. The van der Waals surface area contributed by atoms with E-state index in [0.29, 0.717) is 0 Å². The second-order valence-electron chi connectivity index (χ2n) is 10.2. The monoisotopic (exact) mass is 543 g/mol. The van der Waals surface area contributed by atoms with Crippen LogP contribution in [-0.4, -0.2) is 52.0 Å². The second-order valence-corrected chi connectivity index (χ2v) is 12.2. The van der Waals surface area contributed by atoms with Gasteiger partial charge in [0.2, 0.25) is 15.8 Å². The molecule has 208 valence electrons. The van der Waals surface area contributed by atoms with Crippen LogP contribution < -0.4 is 4.72 Å². The molecule has 0 saturated heterocycles. The summed E-state index contributed by atoms with van der Waals surface area (Å²) in [6.07, 6.45) is 6.47. The summed E-state index contributed by atoms with van der Waals surface area (Å²) in [5.74, 6) is -1.12. The summed E-state index contributed by atoms with van der Waals surface area (Å²) in [4.78, 5) is 12.5. The zero-order chi connectivity index (χ0) is 27.8. The van der Waals surface area contributed by atoms with Gasteiger partial charge in [-0.2, -0.15) is 4.80 Å². The lowest BCUT2D eigenvalue weighted by molar-refractivity contribution is -0.152. The van der Waals surface area contributed by atoms with Crippen molar-refractivity contribution in [3.63, 3.8) is 0 Å². The van der Waals surface area contributed by atoms with Crippen LogP contribution in [0.2, 0.25) is 0 Å². The van der Waals surface area contributed by atoms with Crippen molar-refractivity contribution in [3.8, 4) is 11.4 Å². The Hall–Kier alpha value is -2.47. The van der Waals surface area contributed by atoms with Crippen molar-refractivity contribution in [2.75, 3.05) is 0 Å². The van der Waals surface area contributed by atoms with Crippen LogP contribution in [0.15, 0.2) is 18.2 Å². The van der Waals surface area contributed by atoms with Crippen LogP contribution in [0.3, 0.4) is 0 Å². The van der Waals surface area contributed by atoms with Gasteiger partial charge < -0.3 is 4.74 Å². The Labute approximate surface area is 218 Å². The molecule has 0 amide bonds. The molecule has 1 N–H and O–H groups in total. The number of halogens is 2. The van der Waals surface area contributed by atoms with Crippen LogP contribution in [0.25, 0.3) is 11.4 Å². The average Bonchev–Trinajstić information content (AvgIpc) is 3.32. The summed E-state index contributed by atoms with van der Waals surface area (Å²) >= 11 is 0.